The topological polar surface area (TPSA) is 55.6 Å². The fourth-order valence-corrected chi connectivity index (χ4v) is 3.76. The Balaban J connectivity index is 1.92. The Hall–Kier alpha value is -2.47. The van der Waals surface area contributed by atoms with Gasteiger partial charge in [0.25, 0.3) is 5.91 Å². The molecule has 2 N–H and O–H groups in total. The number of amides is 1. The number of carbonyl (C=O) groups is 1. The van der Waals surface area contributed by atoms with Gasteiger partial charge in [-0.15, -0.1) is 0 Å². The molecular weight excluding hydrogens is 350 g/mol. The van der Waals surface area contributed by atoms with E-state index in [4.69, 9.17) is 10.5 Å². The van der Waals surface area contributed by atoms with Crippen LogP contribution in [0.15, 0.2) is 54.6 Å². The Morgan fingerprint density at radius 3 is 2.67 bits per heavy atom. The minimum atomic E-state index is -2.98. The van der Waals surface area contributed by atoms with Crippen LogP contribution in [0.25, 0.3) is 0 Å². The molecule has 1 fully saturated rings. The Kier molecular flexibility index (Phi) is 6.06. The monoisotopic (exact) mass is 374 g/mol. The summed E-state index contributed by atoms with van der Waals surface area (Å²) in [5.74, 6) is -0.399. The van der Waals surface area contributed by atoms with Gasteiger partial charge in [0.15, 0.2) is 0 Å². The molecule has 1 amide bonds. The van der Waals surface area contributed by atoms with Crippen molar-refractivity contribution in [2.24, 2.45) is 5.73 Å². The van der Waals surface area contributed by atoms with Crippen molar-refractivity contribution in [1.29, 1.82) is 0 Å². The number of alkyl halides is 2. The highest BCUT2D eigenvalue weighted by atomic mass is 19.3. The third kappa shape index (κ3) is 4.45. The average Bonchev–Trinajstić information content (AvgIpc) is 3.12. The van der Waals surface area contributed by atoms with Gasteiger partial charge in [-0.1, -0.05) is 42.5 Å². The molecule has 6 heteroatoms. The molecule has 1 aliphatic rings. The van der Waals surface area contributed by atoms with Crippen molar-refractivity contribution in [2.45, 2.75) is 24.7 Å². The van der Waals surface area contributed by atoms with Crippen molar-refractivity contribution in [3.8, 4) is 5.75 Å². The number of benzene rings is 2. The van der Waals surface area contributed by atoms with Crippen molar-refractivity contribution >= 4 is 5.91 Å². The molecule has 1 heterocycles. The lowest BCUT2D eigenvalue weighted by Gasteiger charge is -2.31. The van der Waals surface area contributed by atoms with Gasteiger partial charge in [0.05, 0.1) is 0 Å². The van der Waals surface area contributed by atoms with Crippen LogP contribution in [0.1, 0.15) is 17.5 Å². The van der Waals surface area contributed by atoms with Crippen LogP contribution in [-0.2, 0) is 16.6 Å². The number of carbonyl (C=O) groups excluding carboxylic acids is 1. The second-order valence-electron chi connectivity index (χ2n) is 6.92. The molecule has 0 saturated carbocycles. The van der Waals surface area contributed by atoms with Crippen molar-refractivity contribution < 1.29 is 18.3 Å². The number of nitrogens with two attached hydrogens (primary N) is 1. The van der Waals surface area contributed by atoms with Gasteiger partial charge in [-0.3, -0.25) is 4.79 Å². The smallest absolute Gasteiger partial charge is 0.315 e. The van der Waals surface area contributed by atoms with E-state index in [2.05, 4.69) is 0 Å². The van der Waals surface area contributed by atoms with Crippen LogP contribution in [0.2, 0.25) is 0 Å². The van der Waals surface area contributed by atoms with Crippen LogP contribution in [-0.4, -0.2) is 43.5 Å². The maximum Gasteiger partial charge on any atom is 0.315 e. The van der Waals surface area contributed by atoms with Gasteiger partial charge in [0, 0.05) is 25.0 Å². The van der Waals surface area contributed by atoms with Crippen LogP contribution in [0, 0.1) is 0 Å². The number of nitrogens with zero attached hydrogens (tertiary/aromatic N) is 1. The van der Waals surface area contributed by atoms with Crippen LogP contribution in [0.4, 0.5) is 8.78 Å². The molecule has 0 spiro atoms. The summed E-state index contributed by atoms with van der Waals surface area (Å²) >= 11 is 0. The molecule has 3 rings (SSSR count). The van der Waals surface area contributed by atoms with Crippen molar-refractivity contribution in [3.05, 3.63) is 65.7 Å². The quantitative estimate of drug-likeness (QED) is 0.811. The molecule has 0 bridgehead atoms. The second-order valence-corrected chi connectivity index (χ2v) is 6.92. The van der Waals surface area contributed by atoms with E-state index in [1.165, 1.54) is 4.90 Å². The molecule has 2 aromatic rings. The van der Waals surface area contributed by atoms with E-state index in [1.54, 1.807) is 0 Å². The van der Waals surface area contributed by atoms with E-state index in [0.717, 1.165) is 11.1 Å². The zero-order valence-corrected chi connectivity index (χ0v) is 15.1. The molecule has 0 radical (unpaired) electrons. The van der Waals surface area contributed by atoms with Crippen LogP contribution in [0.3, 0.4) is 0 Å². The van der Waals surface area contributed by atoms with Crippen molar-refractivity contribution in [3.63, 3.8) is 0 Å². The summed E-state index contributed by atoms with van der Waals surface area (Å²) in [5.41, 5.74) is 7.18. The lowest BCUT2D eigenvalue weighted by atomic mass is 9.75. The van der Waals surface area contributed by atoms with Gasteiger partial charge in [0.2, 0.25) is 0 Å². The molecule has 1 unspecified atom stereocenters. The summed E-state index contributed by atoms with van der Waals surface area (Å²) in [6.45, 7) is 1.41. The summed E-state index contributed by atoms with van der Waals surface area (Å²) < 4.78 is 31.5. The van der Waals surface area contributed by atoms with Gasteiger partial charge in [0.1, 0.15) is 12.4 Å². The first-order valence-electron chi connectivity index (χ1n) is 9.08. The van der Waals surface area contributed by atoms with E-state index in [-0.39, 0.29) is 6.54 Å². The van der Waals surface area contributed by atoms with Crippen LogP contribution >= 0.6 is 0 Å². The lowest BCUT2D eigenvalue weighted by molar-refractivity contribution is -0.141. The predicted molar refractivity (Wildman–Crippen MR) is 100 cm³/mol. The Labute approximate surface area is 157 Å². The summed E-state index contributed by atoms with van der Waals surface area (Å²) in [7, 11) is 0. The molecule has 2 aromatic carbocycles. The number of rotatable bonds is 7. The molecule has 0 aromatic heterocycles. The van der Waals surface area contributed by atoms with E-state index in [9.17, 15) is 13.6 Å². The zero-order chi connectivity index (χ0) is 19.3. The van der Waals surface area contributed by atoms with Crippen LogP contribution in [0.5, 0.6) is 5.75 Å². The first-order chi connectivity index (χ1) is 13.0. The summed E-state index contributed by atoms with van der Waals surface area (Å²) in [4.78, 5) is 13.1. The highest BCUT2D eigenvalue weighted by molar-refractivity contribution is 5.79. The predicted octanol–water partition coefficient (Wildman–Crippen LogP) is 3.00. The maximum absolute atomic E-state index is 12.9. The van der Waals surface area contributed by atoms with E-state index in [0.29, 0.717) is 38.3 Å². The minimum absolute atomic E-state index is 0.269. The molecule has 144 valence electrons. The Bertz CT molecular complexity index is 770. The largest absolute Gasteiger partial charge is 0.492 e. The number of halogens is 2. The first-order valence-corrected chi connectivity index (χ1v) is 9.08. The van der Waals surface area contributed by atoms with E-state index < -0.39 is 17.7 Å². The highest BCUT2D eigenvalue weighted by Gasteiger charge is 2.43. The fourth-order valence-electron chi connectivity index (χ4n) is 3.76. The zero-order valence-electron chi connectivity index (χ0n) is 15.1. The molecular formula is C21H24F2N2O2. The Morgan fingerprint density at radius 1 is 1.19 bits per heavy atom. The van der Waals surface area contributed by atoms with Crippen molar-refractivity contribution in [1.82, 2.24) is 4.90 Å². The lowest BCUT2D eigenvalue weighted by Crippen LogP contribution is -2.38. The molecule has 1 saturated heterocycles. The molecule has 27 heavy (non-hydrogen) atoms. The Morgan fingerprint density at radius 2 is 1.96 bits per heavy atom. The molecule has 1 atom stereocenters. The molecule has 1 aliphatic heterocycles. The third-order valence-corrected chi connectivity index (χ3v) is 5.07. The summed E-state index contributed by atoms with van der Waals surface area (Å²) in [5, 5.41) is 0. The van der Waals surface area contributed by atoms with Gasteiger partial charge < -0.3 is 15.4 Å². The van der Waals surface area contributed by atoms with Crippen LogP contribution < -0.4 is 10.5 Å². The second kappa shape index (κ2) is 8.48. The first kappa shape index (κ1) is 19.3. The number of hydrogen-bond donors (Lipinski definition) is 1. The summed E-state index contributed by atoms with van der Waals surface area (Å²) in [6, 6.07) is 17.6. The average molecular weight is 374 g/mol. The standard InChI is InChI=1S/C21H24F2N2O2/c22-19(23)20(26)25-11-9-21(15-25,14-16-5-2-1-3-6-16)17-7-4-8-18(13-17)27-12-10-24/h1-8,13,19H,9-12,14-15,24H2. The SMILES string of the molecule is NCCOc1cccc(C2(Cc3ccccc3)CCN(C(=O)C(F)F)C2)c1. The molecule has 4 nitrogen and oxygen atoms in total. The third-order valence-electron chi connectivity index (χ3n) is 5.07. The number of likely N-dealkylation sites (tertiary alicyclic amines) is 1. The summed E-state index contributed by atoms with van der Waals surface area (Å²) in [6.07, 6.45) is -1.68. The molecule has 0 aliphatic carbocycles. The fraction of sp³-hybridized carbons (Fsp3) is 0.381. The number of hydrogen-bond acceptors (Lipinski definition) is 3. The highest BCUT2D eigenvalue weighted by Crippen LogP contribution is 2.39. The maximum atomic E-state index is 12.9. The van der Waals surface area contributed by atoms with Gasteiger partial charge in [-0.05, 0) is 36.1 Å². The van der Waals surface area contributed by atoms with E-state index >= 15 is 0 Å². The normalized spacial score (nSPS) is 19.5. The number of ether oxygens (including phenoxy) is 1. The van der Waals surface area contributed by atoms with Gasteiger partial charge in [-0.2, -0.15) is 8.78 Å². The van der Waals surface area contributed by atoms with Crippen molar-refractivity contribution in [2.75, 3.05) is 26.2 Å². The van der Waals surface area contributed by atoms with Gasteiger partial charge >= 0.3 is 6.43 Å². The van der Waals surface area contributed by atoms with E-state index in [1.807, 2.05) is 54.6 Å². The van der Waals surface area contributed by atoms with Gasteiger partial charge in [-0.25, -0.2) is 0 Å². The minimum Gasteiger partial charge on any atom is -0.492 e.